The SMILES string of the molecule is CCCCC(=O)CCC1CCCO1. The third-order valence-corrected chi connectivity index (χ3v) is 2.58. The van der Waals surface area contributed by atoms with Crippen LogP contribution < -0.4 is 0 Å². The molecule has 0 spiro atoms. The second-order valence-corrected chi connectivity index (χ2v) is 3.82. The fourth-order valence-electron chi connectivity index (χ4n) is 1.69. The third kappa shape index (κ3) is 4.41. The highest BCUT2D eigenvalue weighted by Crippen LogP contribution is 2.17. The van der Waals surface area contributed by atoms with Crippen LogP contribution in [0.5, 0.6) is 0 Å². The van der Waals surface area contributed by atoms with E-state index in [4.69, 9.17) is 4.74 Å². The van der Waals surface area contributed by atoms with Gasteiger partial charge in [-0.2, -0.15) is 0 Å². The fraction of sp³-hybridized carbons (Fsp3) is 0.909. The number of Topliss-reactive ketones (excluding diaryl/α,β-unsaturated/α-hetero) is 1. The van der Waals surface area contributed by atoms with Gasteiger partial charge in [-0.25, -0.2) is 0 Å². The maximum absolute atomic E-state index is 11.3. The van der Waals surface area contributed by atoms with Gasteiger partial charge in [-0.05, 0) is 25.7 Å². The molecule has 1 fully saturated rings. The Morgan fingerprint density at radius 3 is 2.92 bits per heavy atom. The van der Waals surface area contributed by atoms with E-state index in [0.717, 1.165) is 45.1 Å². The molecule has 0 bridgehead atoms. The minimum Gasteiger partial charge on any atom is -0.378 e. The monoisotopic (exact) mass is 184 g/mol. The molecule has 1 aliphatic rings. The molecular formula is C11H20O2. The molecule has 0 N–H and O–H groups in total. The first-order valence-electron chi connectivity index (χ1n) is 5.46. The maximum atomic E-state index is 11.3. The van der Waals surface area contributed by atoms with Crippen LogP contribution in [0.25, 0.3) is 0 Å². The average molecular weight is 184 g/mol. The Hall–Kier alpha value is -0.370. The van der Waals surface area contributed by atoms with Gasteiger partial charge in [0.2, 0.25) is 0 Å². The first kappa shape index (κ1) is 10.7. The van der Waals surface area contributed by atoms with Crippen LogP contribution >= 0.6 is 0 Å². The van der Waals surface area contributed by atoms with Crippen LogP contribution in [0.1, 0.15) is 51.9 Å². The summed E-state index contributed by atoms with van der Waals surface area (Å²) in [7, 11) is 0. The van der Waals surface area contributed by atoms with Gasteiger partial charge in [-0.3, -0.25) is 4.79 Å². The highest BCUT2D eigenvalue weighted by Gasteiger charge is 2.16. The Labute approximate surface area is 80.7 Å². The van der Waals surface area contributed by atoms with Crippen LogP contribution in [0.15, 0.2) is 0 Å². The quantitative estimate of drug-likeness (QED) is 0.634. The smallest absolute Gasteiger partial charge is 0.133 e. The molecule has 0 aliphatic carbocycles. The van der Waals surface area contributed by atoms with E-state index in [2.05, 4.69) is 6.92 Å². The van der Waals surface area contributed by atoms with E-state index >= 15 is 0 Å². The standard InChI is InChI=1S/C11H20O2/c1-2-3-5-10(12)7-8-11-6-4-9-13-11/h11H,2-9H2,1H3. The van der Waals surface area contributed by atoms with Crippen molar-refractivity contribution in [1.82, 2.24) is 0 Å². The van der Waals surface area contributed by atoms with Crippen molar-refractivity contribution in [3.63, 3.8) is 0 Å². The van der Waals surface area contributed by atoms with Crippen molar-refractivity contribution in [3.05, 3.63) is 0 Å². The summed E-state index contributed by atoms with van der Waals surface area (Å²) in [6.07, 6.45) is 7.31. The minimum atomic E-state index is 0.380. The molecule has 1 atom stereocenters. The topological polar surface area (TPSA) is 26.3 Å². The molecule has 76 valence electrons. The van der Waals surface area contributed by atoms with Crippen LogP contribution in [-0.2, 0) is 9.53 Å². The molecule has 0 aromatic rings. The van der Waals surface area contributed by atoms with Crippen molar-refractivity contribution in [2.75, 3.05) is 6.61 Å². The summed E-state index contributed by atoms with van der Waals surface area (Å²) in [6.45, 7) is 3.02. The number of rotatable bonds is 6. The maximum Gasteiger partial charge on any atom is 0.133 e. The summed E-state index contributed by atoms with van der Waals surface area (Å²) in [5, 5.41) is 0. The number of carbonyl (C=O) groups is 1. The lowest BCUT2D eigenvalue weighted by Crippen LogP contribution is -2.08. The molecule has 0 radical (unpaired) electrons. The lowest BCUT2D eigenvalue weighted by atomic mass is 10.1. The molecule has 1 rings (SSSR count). The molecule has 1 heterocycles. The molecule has 13 heavy (non-hydrogen) atoms. The molecule has 0 aromatic heterocycles. The number of unbranched alkanes of at least 4 members (excludes halogenated alkanes) is 1. The van der Waals surface area contributed by atoms with Crippen molar-refractivity contribution >= 4 is 5.78 Å². The molecule has 2 heteroatoms. The van der Waals surface area contributed by atoms with Crippen molar-refractivity contribution in [3.8, 4) is 0 Å². The molecule has 1 unspecified atom stereocenters. The van der Waals surface area contributed by atoms with Crippen LogP contribution in [0.3, 0.4) is 0 Å². The van der Waals surface area contributed by atoms with Crippen LogP contribution in [-0.4, -0.2) is 18.5 Å². The predicted octanol–water partition coefficient (Wildman–Crippen LogP) is 2.70. The van der Waals surface area contributed by atoms with Crippen molar-refractivity contribution in [2.45, 2.75) is 58.0 Å². The summed E-state index contributed by atoms with van der Waals surface area (Å²) >= 11 is 0. The third-order valence-electron chi connectivity index (χ3n) is 2.58. The van der Waals surface area contributed by atoms with Gasteiger partial charge in [-0.1, -0.05) is 13.3 Å². The van der Waals surface area contributed by atoms with Gasteiger partial charge >= 0.3 is 0 Å². The van der Waals surface area contributed by atoms with Crippen LogP contribution in [0.2, 0.25) is 0 Å². The van der Waals surface area contributed by atoms with E-state index in [9.17, 15) is 4.79 Å². The van der Waals surface area contributed by atoms with E-state index < -0.39 is 0 Å². The number of hydrogen-bond acceptors (Lipinski definition) is 2. The summed E-state index contributed by atoms with van der Waals surface area (Å²) < 4.78 is 5.46. The fourth-order valence-corrected chi connectivity index (χ4v) is 1.69. The normalized spacial score (nSPS) is 22.1. The minimum absolute atomic E-state index is 0.380. The Morgan fingerprint density at radius 2 is 2.31 bits per heavy atom. The van der Waals surface area contributed by atoms with E-state index in [0.29, 0.717) is 11.9 Å². The summed E-state index contributed by atoms with van der Waals surface area (Å²) in [5.74, 6) is 0.414. The van der Waals surface area contributed by atoms with E-state index in [-0.39, 0.29) is 0 Å². The molecule has 0 amide bonds. The van der Waals surface area contributed by atoms with E-state index in [1.807, 2.05) is 0 Å². The van der Waals surface area contributed by atoms with Gasteiger partial charge in [0.1, 0.15) is 5.78 Å². The van der Waals surface area contributed by atoms with E-state index in [1.165, 1.54) is 6.42 Å². The number of hydrogen-bond donors (Lipinski definition) is 0. The largest absolute Gasteiger partial charge is 0.378 e. The Bertz CT molecular complexity index is 148. The van der Waals surface area contributed by atoms with Gasteiger partial charge in [0.25, 0.3) is 0 Å². The average Bonchev–Trinajstić information content (AvgIpc) is 2.64. The van der Waals surface area contributed by atoms with Gasteiger partial charge in [0.05, 0.1) is 6.10 Å². The second kappa shape index (κ2) is 6.14. The lowest BCUT2D eigenvalue weighted by molar-refractivity contribution is -0.119. The van der Waals surface area contributed by atoms with Gasteiger partial charge in [-0.15, -0.1) is 0 Å². The Kier molecular flexibility index (Phi) is 5.06. The van der Waals surface area contributed by atoms with Gasteiger partial charge in [0, 0.05) is 19.4 Å². The summed E-state index contributed by atoms with van der Waals surface area (Å²) in [5.41, 5.74) is 0. The number of ketones is 1. The zero-order chi connectivity index (χ0) is 9.52. The highest BCUT2D eigenvalue weighted by molar-refractivity contribution is 5.78. The second-order valence-electron chi connectivity index (χ2n) is 3.82. The summed E-state index contributed by atoms with van der Waals surface area (Å²) in [6, 6.07) is 0. The van der Waals surface area contributed by atoms with Crippen molar-refractivity contribution < 1.29 is 9.53 Å². The van der Waals surface area contributed by atoms with Gasteiger partial charge in [0.15, 0.2) is 0 Å². The molecule has 2 nitrogen and oxygen atoms in total. The molecule has 0 aromatic carbocycles. The predicted molar refractivity (Wildman–Crippen MR) is 52.7 cm³/mol. The van der Waals surface area contributed by atoms with E-state index in [1.54, 1.807) is 0 Å². The molecule has 1 saturated heterocycles. The lowest BCUT2D eigenvalue weighted by Gasteiger charge is -2.07. The van der Waals surface area contributed by atoms with Gasteiger partial charge < -0.3 is 4.74 Å². The molecular weight excluding hydrogens is 164 g/mol. The first-order valence-corrected chi connectivity index (χ1v) is 5.46. The van der Waals surface area contributed by atoms with Crippen LogP contribution in [0, 0.1) is 0 Å². The van der Waals surface area contributed by atoms with Crippen LogP contribution in [0.4, 0.5) is 0 Å². The zero-order valence-electron chi connectivity index (χ0n) is 8.55. The van der Waals surface area contributed by atoms with Crippen molar-refractivity contribution in [1.29, 1.82) is 0 Å². The Morgan fingerprint density at radius 1 is 1.46 bits per heavy atom. The zero-order valence-corrected chi connectivity index (χ0v) is 8.55. The van der Waals surface area contributed by atoms with Crippen molar-refractivity contribution in [2.24, 2.45) is 0 Å². The summed E-state index contributed by atoms with van der Waals surface area (Å²) in [4.78, 5) is 11.3. The number of carbonyl (C=O) groups excluding carboxylic acids is 1. The highest BCUT2D eigenvalue weighted by atomic mass is 16.5. The molecule has 1 aliphatic heterocycles. The number of ether oxygens (including phenoxy) is 1. The Balaban J connectivity index is 2.00. The molecule has 0 saturated carbocycles. The first-order chi connectivity index (χ1) is 6.33.